The number of carbonyl (C=O) groups is 2. The minimum Gasteiger partial charge on any atom is -0.448 e. The average Bonchev–Trinajstić information content (AvgIpc) is 3.53. The zero-order chi connectivity index (χ0) is 24.3. The van der Waals surface area contributed by atoms with Gasteiger partial charge in [0.25, 0.3) is 0 Å². The molecule has 1 N–H and O–H groups in total. The number of halogens is 1. The summed E-state index contributed by atoms with van der Waals surface area (Å²) in [5.74, 6) is -0.790. The molecule has 1 saturated carbocycles. The first kappa shape index (κ1) is 22.4. The molecule has 0 radical (unpaired) electrons. The van der Waals surface area contributed by atoms with Gasteiger partial charge in [0.15, 0.2) is 11.4 Å². The number of esters is 1. The quantitative estimate of drug-likeness (QED) is 0.646. The Balaban J connectivity index is 1.18. The van der Waals surface area contributed by atoms with Gasteiger partial charge in [0.05, 0.1) is 23.6 Å². The van der Waals surface area contributed by atoms with Crippen LogP contribution in [0.25, 0.3) is 11.1 Å². The maximum atomic E-state index is 15.1. The third-order valence-electron chi connectivity index (χ3n) is 8.26. The Morgan fingerprint density at radius 3 is 2.69 bits per heavy atom. The zero-order valence-electron chi connectivity index (χ0n) is 19.7. The van der Waals surface area contributed by atoms with Crippen molar-refractivity contribution >= 4 is 11.8 Å². The van der Waals surface area contributed by atoms with Crippen molar-refractivity contribution < 1.29 is 18.7 Å². The number of ketones is 1. The Hall–Kier alpha value is -3.08. The molecule has 3 fully saturated rings. The Morgan fingerprint density at radius 1 is 1.26 bits per heavy atom. The van der Waals surface area contributed by atoms with Crippen LogP contribution in [-0.2, 0) is 21.6 Å². The van der Waals surface area contributed by atoms with Crippen LogP contribution >= 0.6 is 0 Å². The number of hydrogen-bond donors (Lipinski definition) is 1. The second-order valence-electron chi connectivity index (χ2n) is 10.7. The lowest BCUT2D eigenvalue weighted by molar-refractivity contribution is -0.122. The lowest BCUT2D eigenvalue weighted by atomic mass is 9.84. The molecule has 35 heavy (non-hydrogen) atoms. The normalized spacial score (nSPS) is 26.8. The van der Waals surface area contributed by atoms with Gasteiger partial charge in [-0.15, -0.1) is 0 Å². The van der Waals surface area contributed by atoms with Gasteiger partial charge in [-0.25, -0.2) is 9.18 Å². The summed E-state index contributed by atoms with van der Waals surface area (Å²) in [6.07, 6.45) is 3.59. The van der Waals surface area contributed by atoms with Gasteiger partial charge in [-0.3, -0.25) is 9.69 Å². The number of carbonyl (C=O) groups excluding carboxylic acids is 2. The van der Waals surface area contributed by atoms with Gasteiger partial charge < -0.3 is 10.1 Å². The molecule has 180 valence electrons. The molecular formula is C28H28FN3O3. The number of fused-ring (bicyclic) bond motifs is 4. The lowest BCUT2D eigenvalue weighted by Gasteiger charge is -2.44. The number of rotatable bonds is 6. The summed E-state index contributed by atoms with van der Waals surface area (Å²) in [5, 5.41) is 13.0. The maximum absolute atomic E-state index is 15.1. The Morgan fingerprint density at radius 2 is 2.03 bits per heavy atom. The molecule has 3 heterocycles. The first-order valence-electron chi connectivity index (χ1n) is 12.4. The average molecular weight is 474 g/mol. The Kier molecular flexibility index (Phi) is 5.28. The Bertz CT molecular complexity index is 1260. The van der Waals surface area contributed by atoms with E-state index >= 15 is 4.39 Å². The molecule has 1 spiro atoms. The van der Waals surface area contributed by atoms with E-state index in [1.54, 1.807) is 12.1 Å². The van der Waals surface area contributed by atoms with E-state index < -0.39 is 11.5 Å². The van der Waals surface area contributed by atoms with Crippen LogP contribution in [0, 0.1) is 29.0 Å². The van der Waals surface area contributed by atoms with Crippen LogP contribution in [0.4, 0.5) is 4.39 Å². The first-order valence-corrected chi connectivity index (χ1v) is 12.4. The number of nitriles is 1. The molecule has 0 amide bonds. The number of nitrogens with one attached hydrogen (secondary N) is 1. The minimum absolute atomic E-state index is 0.0752. The molecule has 0 aromatic heterocycles. The summed E-state index contributed by atoms with van der Waals surface area (Å²) >= 11 is 0. The Labute approximate surface area is 204 Å². The monoisotopic (exact) mass is 473 g/mol. The molecule has 4 atom stereocenters. The number of likely N-dealkylation sites (N-methyl/N-ethyl adjacent to an activating group) is 1. The van der Waals surface area contributed by atoms with E-state index in [0.29, 0.717) is 41.7 Å². The van der Waals surface area contributed by atoms with Crippen molar-refractivity contribution in [1.29, 1.82) is 5.26 Å². The fraction of sp³-hybridized carbons (Fsp3) is 0.464. The minimum atomic E-state index is -0.601. The summed E-state index contributed by atoms with van der Waals surface area (Å²) in [4.78, 5) is 27.2. The largest absolute Gasteiger partial charge is 0.448 e. The van der Waals surface area contributed by atoms with Crippen LogP contribution < -0.4 is 5.32 Å². The summed E-state index contributed by atoms with van der Waals surface area (Å²) in [6.45, 7) is 1.29. The van der Waals surface area contributed by atoms with E-state index in [4.69, 9.17) is 4.74 Å². The molecule has 2 bridgehead atoms. The van der Waals surface area contributed by atoms with Crippen LogP contribution in [0.15, 0.2) is 36.4 Å². The van der Waals surface area contributed by atoms with E-state index in [2.05, 4.69) is 16.3 Å². The highest BCUT2D eigenvalue weighted by Gasteiger charge is 2.52. The highest BCUT2D eigenvalue weighted by molar-refractivity contribution is 5.96. The molecule has 7 heteroatoms. The van der Waals surface area contributed by atoms with Crippen molar-refractivity contribution in [2.45, 2.75) is 49.8 Å². The molecule has 2 saturated heterocycles. The summed E-state index contributed by atoms with van der Waals surface area (Å²) in [6, 6.07) is 13.0. The van der Waals surface area contributed by atoms with E-state index in [1.165, 1.54) is 6.07 Å². The number of Topliss-reactive ketones (excluding diaryl/α,β-unsaturated/α-hetero) is 1. The second-order valence-corrected chi connectivity index (χ2v) is 10.7. The first-order chi connectivity index (χ1) is 16.8. The molecule has 2 aromatic rings. The second kappa shape index (κ2) is 8.25. The zero-order valence-corrected chi connectivity index (χ0v) is 19.7. The molecule has 0 unspecified atom stereocenters. The van der Waals surface area contributed by atoms with Crippen molar-refractivity contribution in [3.63, 3.8) is 0 Å². The van der Waals surface area contributed by atoms with E-state index in [0.717, 1.165) is 30.4 Å². The molecule has 4 aliphatic rings. The van der Waals surface area contributed by atoms with Crippen molar-refractivity contribution in [2.24, 2.45) is 11.8 Å². The number of ether oxygens (including phenoxy) is 1. The third kappa shape index (κ3) is 3.76. The molecular weight excluding hydrogens is 445 g/mol. The smallest absolute Gasteiger partial charge is 0.339 e. The molecule has 1 aliphatic carbocycles. The topological polar surface area (TPSA) is 82.4 Å². The van der Waals surface area contributed by atoms with E-state index in [1.807, 2.05) is 25.2 Å². The molecule has 6 rings (SSSR count). The van der Waals surface area contributed by atoms with Gasteiger partial charge in [0.1, 0.15) is 5.82 Å². The van der Waals surface area contributed by atoms with Gasteiger partial charge in [0.2, 0.25) is 0 Å². The van der Waals surface area contributed by atoms with Crippen molar-refractivity contribution in [3.8, 4) is 17.2 Å². The number of nitrogens with zero attached hydrogens (tertiary/aromatic N) is 2. The van der Waals surface area contributed by atoms with Crippen molar-refractivity contribution in [2.75, 3.05) is 20.1 Å². The number of likely N-dealkylation sites (tertiary alicyclic amines) is 1. The predicted molar refractivity (Wildman–Crippen MR) is 127 cm³/mol. The van der Waals surface area contributed by atoms with Gasteiger partial charge in [-0.2, -0.15) is 5.26 Å². The fourth-order valence-electron chi connectivity index (χ4n) is 6.53. The van der Waals surface area contributed by atoms with Gasteiger partial charge >= 0.3 is 5.97 Å². The summed E-state index contributed by atoms with van der Waals surface area (Å²) in [7, 11) is 1.98. The summed E-state index contributed by atoms with van der Waals surface area (Å²) in [5.41, 5.74) is 2.79. The SMILES string of the molecule is CN1CC2(C1)OC(=O)c1ccc(-c3ccc(C[C@@H](C#N)CC(=O)[C@H]4N[C@@H]5CC[C@H]4C5)c(F)c3)cc12. The number of piperidine rings is 1. The van der Waals surface area contributed by atoms with E-state index in [-0.39, 0.29) is 36.5 Å². The van der Waals surface area contributed by atoms with Crippen molar-refractivity contribution in [1.82, 2.24) is 10.2 Å². The van der Waals surface area contributed by atoms with Crippen LogP contribution in [0.3, 0.4) is 0 Å². The van der Waals surface area contributed by atoms with Crippen LogP contribution in [0.5, 0.6) is 0 Å². The highest BCUT2D eigenvalue weighted by Crippen LogP contribution is 2.44. The van der Waals surface area contributed by atoms with E-state index in [9.17, 15) is 14.9 Å². The maximum Gasteiger partial charge on any atom is 0.339 e. The predicted octanol–water partition coefficient (Wildman–Crippen LogP) is 3.59. The van der Waals surface area contributed by atoms with Crippen LogP contribution in [0.2, 0.25) is 0 Å². The molecule has 3 aliphatic heterocycles. The lowest BCUT2D eigenvalue weighted by Crippen LogP contribution is -2.57. The standard InChI is InChI=1S/C28H28FN3O3/c1-32-14-28(15-32)23-11-17(5-7-22(23)27(34)35-28)18-2-3-19(24(29)12-18)8-16(13-30)9-25(33)26-20-4-6-21(10-20)31-26/h2-3,5,7,11-12,16,20-21,26,31H,4,6,8-10,14-15H2,1H3/t16-,20+,21-,26+/m1/s1. The molecule has 6 nitrogen and oxygen atoms in total. The number of hydrogen-bond acceptors (Lipinski definition) is 6. The third-order valence-corrected chi connectivity index (χ3v) is 8.26. The number of benzene rings is 2. The van der Waals surface area contributed by atoms with Gasteiger partial charge in [-0.1, -0.05) is 18.2 Å². The van der Waals surface area contributed by atoms with Crippen molar-refractivity contribution in [3.05, 3.63) is 58.9 Å². The van der Waals surface area contributed by atoms with Gasteiger partial charge in [-0.05, 0) is 73.5 Å². The van der Waals surface area contributed by atoms with Crippen LogP contribution in [0.1, 0.15) is 47.2 Å². The van der Waals surface area contributed by atoms with Gasteiger partial charge in [0, 0.05) is 31.1 Å². The fourth-order valence-corrected chi connectivity index (χ4v) is 6.53. The molecule has 2 aromatic carbocycles. The summed E-state index contributed by atoms with van der Waals surface area (Å²) < 4.78 is 20.8. The highest BCUT2D eigenvalue weighted by atomic mass is 19.1. The van der Waals surface area contributed by atoms with Crippen LogP contribution in [-0.4, -0.2) is 48.9 Å².